The van der Waals surface area contributed by atoms with E-state index in [1.807, 2.05) is 4.90 Å². The lowest BCUT2D eigenvalue weighted by Crippen LogP contribution is -2.70. The predicted molar refractivity (Wildman–Crippen MR) is 70.0 cm³/mol. The number of nitrogens with zero attached hydrogens (tertiary/aromatic N) is 1. The van der Waals surface area contributed by atoms with Crippen LogP contribution in [0, 0.1) is 0 Å². The molecule has 1 spiro atoms. The zero-order valence-electron chi connectivity index (χ0n) is 11.5. The minimum Gasteiger partial charge on any atom is -0.345 e. The molecule has 1 aliphatic heterocycles. The molecule has 2 rings (SSSR count). The fraction of sp³-hybridized carbons (Fsp3) is 0.857. The standard InChI is InChI=1S/C14H24N2O2/c1-3-11(4-2)16-12(17)10-15-13(18)14(16)8-6-5-7-9-14/h11H,3-10H2,1-2H3,(H,15,18). The summed E-state index contributed by atoms with van der Waals surface area (Å²) in [5.74, 6) is 0.180. The Morgan fingerprint density at radius 1 is 1.17 bits per heavy atom. The van der Waals surface area contributed by atoms with Gasteiger partial charge in [0.1, 0.15) is 5.54 Å². The topological polar surface area (TPSA) is 49.4 Å². The normalized spacial score (nSPS) is 23.6. The molecule has 1 saturated heterocycles. The molecule has 0 bridgehead atoms. The molecule has 18 heavy (non-hydrogen) atoms. The van der Waals surface area contributed by atoms with Crippen molar-refractivity contribution < 1.29 is 9.59 Å². The van der Waals surface area contributed by atoms with Crippen molar-refractivity contribution >= 4 is 11.8 Å². The van der Waals surface area contributed by atoms with Crippen LogP contribution >= 0.6 is 0 Å². The molecule has 0 aromatic carbocycles. The Balaban J connectivity index is 2.34. The zero-order chi connectivity index (χ0) is 13.2. The Hall–Kier alpha value is -1.06. The Labute approximate surface area is 109 Å². The van der Waals surface area contributed by atoms with E-state index < -0.39 is 5.54 Å². The molecule has 0 aromatic rings. The van der Waals surface area contributed by atoms with Gasteiger partial charge in [-0.15, -0.1) is 0 Å². The highest BCUT2D eigenvalue weighted by Gasteiger charge is 2.51. The van der Waals surface area contributed by atoms with Crippen molar-refractivity contribution in [3.8, 4) is 0 Å². The van der Waals surface area contributed by atoms with Crippen molar-refractivity contribution in [2.45, 2.75) is 70.4 Å². The fourth-order valence-electron chi connectivity index (χ4n) is 3.57. The molecule has 4 nitrogen and oxygen atoms in total. The van der Waals surface area contributed by atoms with Crippen molar-refractivity contribution in [1.82, 2.24) is 10.2 Å². The van der Waals surface area contributed by atoms with Gasteiger partial charge in [0.05, 0.1) is 6.54 Å². The summed E-state index contributed by atoms with van der Waals surface area (Å²) in [4.78, 5) is 26.6. The van der Waals surface area contributed by atoms with E-state index in [1.165, 1.54) is 6.42 Å². The van der Waals surface area contributed by atoms with Crippen molar-refractivity contribution in [2.75, 3.05) is 6.54 Å². The Morgan fingerprint density at radius 3 is 2.33 bits per heavy atom. The van der Waals surface area contributed by atoms with Gasteiger partial charge in [0.15, 0.2) is 0 Å². The maximum absolute atomic E-state index is 12.4. The molecule has 1 saturated carbocycles. The van der Waals surface area contributed by atoms with Crippen LogP contribution < -0.4 is 5.32 Å². The number of hydrogen-bond acceptors (Lipinski definition) is 2. The number of carbonyl (C=O) groups excluding carboxylic acids is 2. The number of nitrogens with one attached hydrogen (secondary N) is 1. The molecular weight excluding hydrogens is 228 g/mol. The average Bonchev–Trinajstić information content (AvgIpc) is 2.41. The second-order valence-electron chi connectivity index (χ2n) is 5.51. The summed E-state index contributed by atoms with van der Waals surface area (Å²) in [7, 11) is 0. The molecule has 0 unspecified atom stereocenters. The van der Waals surface area contributed by atoms with Crippen molar-refractivity contribution in [2.24, 2.45) is 0 Å². The van der Waals surface area contributed by atoms with Crippen LogP contribution in [0.2, 0.25) is 0 Å². The van der Waals surface area contributed by atoms with Crippen LogP contribution in [0.4, 0.5) is 0 Å². The van der Waals surface area contributed by atoms with E-state index in [4.69, 9.17) is 0 Å². The van der Waals surface area contributed by atoms with Crippen LogP contribution in [-0.4, -0.2) is 34.8 Å². The number of amides is 2. The average molecular weight is 252 g/mol. The molecule has 2 fully saturated rings. The molecule has 1 N–H and O–H groups in total. The first kappa shape index (κ1) is 13.4. The number of piperazine rings is 1. The lowest BCUT2D eigenvalue weighted by molar-refractivity contribution is -0.160. The molecule has 4 heteroatoms. The highest BCUT2D eigenvalue weighted by Crippen LogP contribution is 2.38. The number of rotatable bonds is 3. The largest absolute Gasteiger partial charge is 0.345 e. The summed E-state index contributed by atoms with van der Waals surface area (Å²) in [5, 5.41) is 2.80. The van der Waals surface area contributed by atoms with Crippen molar-refractivity contribution in [1.29, 1.82) is 0 Å². The maximum Gasteiger partial charge on any atom is 0.246 e. The minimum atomic E-state index is -0.537. The molecule has 2 aliphatic rings. The van der Waals surface area contributed by atoms with Gasteiger partial charge >= 0.3 is 0 Å². The van der Waals surface area contributed by atoms with E-state index in [-0.39, 0.29) is 24.4 Å². The van der Waals surface area contributed by atoms with Gasteiger partial charge in [0.2, 0.25) is 11.8 Å². The predicted octanol–water partition coefficient (Wildman–Crippen LogP) is 1.84. The summed E-state index contributed by atoms with van der Waals surface area (Å²) in [6.07, 6.45) is 6.81. The Morgan fingerprint density at radius 2 is 1.78 bits per heavy atom. The van der Waals surface area contributed by atoms with Gasteiger partial charge in [0.25, 0.3) is 0 Å². The Kier molecular flexibility index (Phi) is 3.93. The third kappa shape index (κ3) is 2.02. The van der Waals surface area contributed by atoms with Crippen LogP contribution in [0.3, 0.4) is 0 Å². The smallest absolute Gasteiger partial charge is 0.246 e. The van der Waals surface area contributed by atoms with E-state index in [0.29, 0.717) is 0 Å². The molecule has 1 heterocycles. The van der Waals surface area contributed by atoms with E-state index in [9.17, 15) is 9.59 Å². The van der Waals surface area contributed by atoms with Gasteiger partial charge < -0.3 is 10.2 Å². The third-order valence-electron chi connectivity index (χ3n) is 4.54. The maximum atomic E-state index is 12.4. The second-order valence-corrected chi connectivity index (χ2v) is 5.51. The molecular formula is C14H24N2O2. The quantitative estimate of drug-likeness (QED) is 0.833. The Bertz CT molecular complexity index is 331. The first-order chi connectivity index (χ1) is 8.65. The minimum absolute atomic E-state index is 0.0775. The molecule has 1 aliphatic carbocycles. The lowest BCUT2D eigenvalue weighted by Gasteiger charge is -2.51. The van der Waals surface area contributed by atoms with Gasteiger partial charge in [-0.2, -0.15) is 0 Å². The van der Waals surface area contributed by atoms with Gasteiger partial charge in [0, 0.05) is 6.04 Å². The first-order valence-corrected chi connectivity index (χ1v) is 7.26. The summed E-state index contributed by atoms with van der Waals surface area (Å²) in [6.45, 7) is 4.38. The molecule has 2 amide bonds. The van der Waals surface area contributed by atoms with Crippen LogP contribution in [0.5, 0.6) is 0 Å². The van der Waals surface area contributed by atoms with E-state index >= 15 is 0 Å². The molecule has 0 aromatic heterocycles. The van der Waals surface area contributed by atoms with E-state index in [0.717, 1.165) is 38.5 Å². The summed E-state index contributed by atoms with van der Waals surface area (Å²) < 4.78 is 0. The SMILES string of the molecule is CCC(CC)N1C(=O)CNC(=O)C12CCCCC2. The summed E-state index contributed by atoms with van der Waals surface area (Å²) in [5.41, 5.74) is -0.537. The lowest BCUT2D eigenvalue weighted by atomic mass is 9.77. The highest BCUT2D eigenvalue weighted by molar-refractivity contribution is 5.98. The highest BCUT2D eigenvalue weighted by atomic mass is 16.2. The van der Waals surface area contributed by atoms with Crippen LogP contribution in [0.15, 0.2) is 0 Å². The van der Waals surface area contributed by atoms with Crippen molar-refractivity contribution in [3.05, 3.63) is 0 Å². The van der Waals surface area contributed by atoms with Gasteiger partial charge in [-0.1, -0.05) is 33.1 Å². The second kappa shape index (κ2) is 5.29. The van der Waals surface area contributed by atoms with Gasteiger partial charge in [-0.25, -0.2) is 0 Å². The summed E-state index contributed by atoms with van der Waals surface area (Å²) >= 11 is 0. The number of hydrogen-bond donors (Lipinski definition) is 1. The monoisotopic (exact) mass is 252 g/mol. The van der Waals surface area contributed by atoms with Gasteiger partial charge in [-0.05, 0) is 25.7 Å². The van der Waals surface area contributed by atoms with Crippen LogP contribution in [0.1, 0.15) is 58.8 Å². The van der Waals surface area contributed by atoms with Crippen molar-refractivity contribution in [3.63, 3.8) is 0 Å². The first-order valence-electron chi connectivity index (χ1n) is 7.26. The number of carbonyl (C=O) groups is 2. The van der Waals surface area contributed by atoms with Crippen LogP contribution in [0.25, 0.3) is 0 Å². The zero-order valence-corrected chi connectivity index (χ0v) is 11.5. The van der Waals surface area contributed by atoms with E-state index in [1.54, 1.807) is 0 Å². The van der Waals surface area contributed by atoms with Gasteiger partial charge in [-0.3, -0.25) is 9.59 Å². The molecule has 102 valence electrons. The van der Waals surface area contributed by atoms with Crippen LogP contribution in [-0.2, 0) is 9.59 Å². The van der Waals surface area contributed by atoms with E-state index in [2.05, 4.69) is 19.2 Å². The third-order valence-corrected chi connectivity index (χ3v) is 4.54. The molecule has 0 radical (unpaired) electrons. The molecule has 0 atom stereocenters. The fourth-order valence-corrected chi connectivity index (χ4v) is 3.57. The summed E-state index contributed by atoms with van der Waals surface area (Å²) in [6, 6.07) is 0.210.